The van der Waals surface area contributed by atoms with E-state index in [1.807, 2.05) is 13.0 Å². The first-order chi connectivity index (χ1) is 13.5. The van der Waals surface area contributed by atoms with Gasteiger partial charge in [0.15, 0.2) is 0 Å². The fourth-order valence-electron chi connectivity index (χ4n) is 2.79. The number of carbonyl (C=O) groups is 2. The van der Waals surface area contributed by atoms with E-state index in [0.29, 0.717) is 11.1 Å². The summed E-state index contributed by atoms with van der Waals surface area (Å²) in [5, 5.41) is 13.8. The van der Waals surface area contributed by atoms with Crippen LogP contribution < -0.4 is 5.32 Å². The molecule has 0 aliphatic carbocycles. The van der Waals surface area contributed by atoms with Crippen LogP contribution in [0.3, 0.4) is 0 Å². The molecule has 1 heterocycles. The first kappa shape index (κ1) is 19.0. The predicted molar refractivity (Wildman–Crippen MR) is 103 cm³/mol. The molecule has 0 radical (unpaired) electrons. The average Bonchev–Trinajstić information content (AvgIpc) is 3.23. The lowest BCUT2D eigenvalue weighted by molar-refractivity contribution is -0.384. The van der Waals surface area contributed by atoms with Crippen molar-refractivity contribution >= 4 is 23.1 Å². The second-order valence-corrected chi connectivity index (χ2v) is 6.26. The molecule has 0 fully saturated rings. The van der Waals surface area contributed by atoms with Crippen molar-refractivity contribution in [1.82, 2.24) is 9.55 Å². The molecule has 1 atom stereocenters. The lowest BCUT2D eigenvalue weighted by Gasteiger charge is -2.14. The van der Waals surface area contributed by atoms with E-state index in [1.165, 1.54) is 12.1 Å². The number of amides is 1. The highest BCUT2D eigenvalue weighted by molar-refractivity contribution is 6.41. The number of anilines is 1. The van der Waals surface area contributed by atoms with Gasteiger partial charge in [-0.2, -0.15) is 0 Å². The molecule has 0 aliphatic heterocycles. The molecule has 0 bridgehead atoms. The molecule has 8 nitrogen and oxygen atoms in total. The number of hydrogen-bond acceptors (Lipinski definition) is 5. The van der Waals surface area contributed by atoms with E-state index in [4.69, 9.17) is 0 Å². The van der Waals surface area contributed by atoms with Gasteiger partial charge in [0.25, 0.3) is 11.6 Å². The van der Waals surface area contributed by atoms with Crippen molar-refractivity contribution in [2.75, 3.05) is 5.32 Å². The van der Waals surface area contributed by atoms with Gasteiger partial charge in [0, 0.05) is 24.9 Å². The maximum absolute atomic E-state index is 12.2. The Bertz CT molecular complexity index is 1000. The molecule has 1 N–H and O–H groups in total. The number of carbonyl (C=O) groups excluding carboxylic acids is 2. The molecule has 0 spiro atoms. The predicted octanol–water partition coefficient (Wildman–Crippen LogP) is 3.15. The number of benzene rings is 2. The molecular formula is C20H18N4O4. The van der Waals surface area contributed by atoms with Crippen LogP contribution in [0.4, 0.5) is 11.4 Å². The largest absolute Gasteiger partial charge is 0.330 e. The molecule has 8 heteroatoms. The van der Waals surface area contributed by atoms with E-state index >= 15 is 0 Å². The van der Waals surface area contributed by atoms with Gasteiger partial charge in [-0.1, -0.05) is 36.4 Å². The van der Waals surface area contributed by atoms with Gasteiger partial charge < -0.3 is 9.88 Å². The standard InChI is InChI=1S/C20H18N4O4/c1-14(23-10-9-21-13-23)16-7-8-17(18(12-16)24(27)28)22-20(26)19(25)11-15-5-3-2-4-6-15/h2-10,12-14H,11H2,1H3,(H,22,26). The normalized spacial score (nSPS) is 11.6. The summed E-state index contributed by atoms with van der Waals surface area (Å²) < 4.78 is 1.81. The zero-order valence-electron chi connectivity index (χ0n) is 15.1. The Kier molecular flexibility index (Phi) is 5.59. The van der Waals surface area contributed by atoms with Crippen LogP contribution in [0.1, 0.15) is 24.1 Å². The van der Waals surface area contributed by atoms with Crippen LogP contribution in [0.25, 0.3) is 0 Å². The van der Waals surface area contributed by atoms with E-state index in [9.17, 15) is 19.7 Å². The van der Waals surface area contributed by atoms with E-state index < -0.39 is 16.6 Å². The van der Waals surface area contributed by atoms with E-state index in [0.717, 1.165) is 0 Å². The number of rotatable bonds is 7. The van der Waals surface area contributed by atoms with Gasteiger partial charge in [0.05, 0.1) is 17.3 Å². The van der Waals surface area contributed by atoms with Crippen molar-refractivity contribution in [2.24, 2.45) is 0 Å². The van der Waals surface area contributed by atoms with Crippen LogP contribution in [0, 0.1) is 10.1 Å². The third-order valence-corrected chi connectivity index (χ3v) is 4.38. The summed E-state index contributed by atoms with van der Waals surface area (Å²) in [6.07, 6.45) is 4.93. The summed E-state index contributed by atoms with van der Waals surface area (Å²) in [4.78, 5) is 39.2. The van der Waals surface area contributed by atoms with Crippen LogP contribution in [0.5, 0.6) is 0 Å². The lowest BCUT2D eigenvalue weighted by Crippen LogP contribution is -2.25. The highest BCUT2D eigenvalue weighted by Crippen LogP contribution is 2.29. The first-order valence-corrected chi connectivity index (χ1v) is 8.59. The number of nitrogens with one attached hydrogen (secondary N) is 1. The summed E-state index contributed by atoms with van der Waals surface area (Å²) in [5.74, 6) is -1.56. The third kappa shape index (κ3) is 4.29. The Balaban J connectivity index is 1.78. The first-order valence-electron chi connectivity index (χ1n) is 8.59. The van der Waals surface area contributed by atoms with Crippen molar-refractivity contribution in [3.05, 3.63) is 88.5 Å². The number of ketones is 1. The van der Waals surface area contributed by atoms with Gasteiger partial charge in [-0.05, 0) is 24.1 Å². The van der Waals surface area contributed by atoms with Crippen LogP contribution in [0.15, 0.2) is 67.3 Å². The summed E-state index contributed by atoms with van der Waals surface area (Å²) in [6, 6.07) is 13.2. The minimum absolute atomic E-state index is 0.0157. The van der Waals surface area contributed by atoms with Crippen molar-refractivity contribution < 1.29 is 14.5 Å². The van der Waals surface area contributed by atoms with E-state index in [-0.39, 0.29) is 23.8 Å². The maximum Gasteiger partial charge on any atom is 0.293 e. The molecule has 1 unspecified atom stereocenters. The van der Waals surface area contributed by atoms with Gasteiger partial charge in [-0.25, -0.2) is 4.98 Å². The van der Waals surface area contributed by atoms with Crippen LogP contribution in [-0.2, 0) is 16.0 Å². The Labute approximate surface area is 161 Å². The SMILES string of the molecule is CC(c1ccc(NC(=O)C(=O)Cc2ccccc2)c([N+](=O)[O-])c1)n1ccnc1. The average molecular weight is 378 g/mol. The Morgan fingerprint density at radius 1 is 1.21 bits per heavy atom. The Hall–Kier alpha value is -3.81. The summed E-state index contributed by atoms with van der Waals surface area (Å²) in [5.41, 5.74) is 1.09. The molecule has 0 saturated carbocycles. The van der Waals surface area contributed by atoms with Gasteiger partial charge >= 0.3 is 0 Å². The van der Waals surface area contributed by atoms with Crippen LogP contribution in [-0.4, -0.2) is 26.2 Å². The zero-order valence-corrected chi connectivity index (χ0v) is 15.1. The van der Waals surface area contributed by atoms with Crippen molar-refractivity contribution in [3.8, 4) is 0 Å². The number of Topliss-reactive ketones (excluding diaryl/α,β-unsaturated/α-hetero) is 1. The molecule has 3 aromatic rings. The molecule has 2 aromatic carbocycles. The molecule has 1 amide bonds. The highest BCUT2D eigenvalue weighted by Gasteiger charge is 2.22. The second kappa shape index (κ2) is 8.26. The summed E-state index contributed by atoms with van der Waals surface area (Å²) in [7, 11) is 0. The number of nitro groups is 1. The van der Waals surface area contributed by atoms with E-state index in [1.54, 1.807) is 53.6 Å². The molecule has 3 rings (SSSR count). The zero-order chi connectivity index (χ0) is 20.1. The van der Waals surface area contributed by atoms with Crippen molar-refractivity contribution in [1.29, 1.82) is 0 Å². The number of aromatic nitrogens is 2. The number of nitro benzene ring substituents is 1. The van der Waals surface area contributed by atoms with Crippen LogP contribution in [0.2, 0.25) is 0 Å². The van der Waals surface area contributed by atoms with Gasteiger partial charge in [0.1, 0.15) is 5.69 Å². The van der Waals surface area contributed by atoms with Gasteiger partial charge in [0.2, 0.25) is 5.78 Å². The number of imidazole rings is 1. The topological polar surface area (TPSA) is 107 Å². The number of nitrogens with zero attached hydrogens (tertiary/aromatic N) is 3. The molecule has 28 heavy (non-hydrogen) atoms. The fourth-order valence-corrected chi connectivity index (χ4v) is 2.79. The monoisotopic (exact) mass is 378 g/mol. The van der Waals surface area contributed by atoms with Gasteiger partial charge in [-0.15, -0.1) is 0 Å². The molecule has 0 aliphatic rings. The smallest absolute Gasteiger partial charge is 0.293 e. The molecular weight excluding hydrogens is 360 g/mol. The molecule has 142 valence electrons. The number of hydrogen-bond donors (Lipinski definition) is 1. The van der Waals surface area contributed by atoms with E-state index in [2.05, 4.69) is 10.3 Å². The highest BCUT2D eigenvalue weighted by atomic mass is 16.6. The maximum atomic E-state index is 12.2. The fraction of sp³-hybridized carbons (Fsp3) is 0.150. The summed E-state index contributed by atoms with van der Waals surface area (Å²) in [6.45, 7) is 1.88. The van der Waals surface area contributed by atoms with Crippen molar-refractivity contribution in [2.45, 2.75) is 19.4 Å². The van der Waals surface area contributed by atoms with Gasteiger partial charge in [-0.3, -0.25) is 19.7 Å². The van der Waals surface area contributed by atoms with Crippen LogP contribution >= 0.6 is 0 Å². The minimum Gasteiger partial charge on any atom is -0.330 e. The third-order valence-electron chi connectivity index (χ3n) is 4.38. The van der Waals surface area contributed by atoms with Crippen molar-refractivity contribution in [3.63, 3.8) is 0 Å². The summed E-state index contributed by atoms with van der Waals surface area (Å²) >= 11 is 0. The Morgan fingerprint density at radius 2 is 1.96 bits per heavy atom. The second-order valence-electron chi connectivity index (χ2n) is 6.26. The minimum atomic E-state index is -0.887. The Morgan fingerprint density at radius 3 is 2.61 bits per heavy atom. The lowest BCUT2D eigenvalue weighted by atomic mass is 10.1. The molecule has 0 saturated heterocycles. The quantitative estimate of drug-likeness (QED) is 0.386. The molecule has 1 aromatic heterocycles.